The van der Waals surface area contributed by atoms with Gasteiger partial charge in [-0.1, -0.05) is 36.9 Å². The maximum absolute atomic E-state index is 12.8. The smallest absolute Gasteiger partial charge is 0.226 e. The Kier molecular flexibility index (Phi) is 5.63. The van der Waals surface area contributed by atoms with E-state index in [4.69, 9.17) is 21.6 Å². The molecule has 1 aliphatic heterocycles. The van der Waals surface area contributed by atoms with E-state index in [0.29, 0.717) is 23.2 Å². The lowest BCUT2D eigenvalue weighted by atomic mass is 9.94. The number of hydrogen-bond donors (Lipinski definition) is 0. The van der Waals surface area contributed by atoms with E-state index in [9.17, 15) is 4.79 Å². The van der Waals surface area contributed by atoms with Crippen LogP contribution in [0.4, 0.5) is 0 Å². The molecule has 24 heavy (non-hydrogen) atoms. The van der Waals surface area contributed by atoms with Crippen LogP contribution in [0.1, 0.15) is 44.1 Å². The first-order valence-corrected chi connectivity index (χ1v) is 9.16. The van der Waals surface area contributed by atoms with E-state index in [2.05, 4.69) is 4.90 Å². The monoisotopic (exact) mass is 346 g/mol. The summed E-state index contributed by atoms with van der Waals surface area (Å²) < 4.78 is 5.49. The van der Waals surface area contributed by atoms with Gasteiger partial charge in [0.05, 0.1) is 0 Å². The van der Waals surface area contributed by atoms with Crippen molar-refractivity contribution in [1.29, 1.82) is 5.26 Å². The molecule has 1 unspecified atom stereocenters. The summed E-state index contributed by atoms with van der Waals surface area (Å²) in [6.45, 7) is 0.840. The summed E-state index contributed by atoms with van der Waals surface area (Å²) in [5.74, 6) is 0.845. The van der Waals surface area contributed by atoms with Crippen molar-refractivity contribution in [2.45, 2.75) is 51.0 Å². The molecular formula is C19H23ClN2O2. The maximum atomic E-state index is 12.8. The van der Waals surface area contributed by atoms with E-state index < -0.39 is 0 Å². The number of ether oxygens (including phenoxy) is 1. The predicted octanol–water partition coefficient (Wildman–Crippen LogP) is 3.97. The first-order chi connectivity index (χ1) is 11.7. The second-order valence-electron chi connectivity index (χ2n) is 6.68. The molecule has 1 atom stereocenters. The third kappa shape index (κ3) is 3.67. The zero-order valence-electron chi connectivity index (χ0n) is 13.8. The largest absolute Gasteiger partial charge is 0.478 e. The number of carbonyl (C=O) groups is 1. The van der Waals surface area contributed by atoms with Crippen molar-refractivity contribution in [3.8, 4) is 11.8 Å². The molecule has 3 rings (SSSR count). The molecule has 128 valence electrons. The lowest BCUT2D eigenvalue weighted by Crippen LogP contribution is -2.39. The van der Waals surface area contributed by atoms with Crippen LogP contribution >= 0.6 is 11.6 Å². The van der Waals surface area contributed by atoms with Crippen molar-refractivity contribution in [2.75, 3.05) is 13.2 Å². The van der Waals surface area contributed by atoms with Gasteiger partial charge in [0.15, 0.2) is 6.61 Å². The Labute approximate surface area is 148 Å². The molecule has 5 heteroatoms. The fourth-order valence-corrected chi connectivity index (χ4v) is 4.18. The zero-order valence-corrected chi connectivity index (χ0v) is 14.6. The fourth-order valence-electron chi connectivity index (χ4n) is 3.94. The Balaban J connectivity index is 1.70. The van der Waals surface area contributed by atoms with E-state index in [0.717, 1.165) is 31.4 Å². The highest BCUT2D eigenvalue weighted by molar-refractivity contribution is 6.31. The Bertz CT molecular complexity index is 635. The van der Waals surface area contributed by atoms with Crippen molar-refractivity contribution in [1.82, 2.24) is 4.90 Å². The number of nitrogens with zero attached hydrogens (tertiary/aromatic N) is 2. The average Bonchev–Trinajstić information content (AvgIpc) is 2.97. The van der Waals surface area contributed by atoms with Gasteiger partial charge >= 0.3 is 0 Å². The molecule has 4 nitrogen and oxygen atoms in total. The Morgan fingerprint density at radius 1 is 1.25 bits per heavy atom. The van der Waals surface area contributed by atoms with E-state index in [-0.39, 0.29) is 18.4 Å². The molecule has 0 bridgehead atoms. The van der Waals surface area contributed by atoms with Crippen molar-refractivity contribution in [2.24, 2.45) is 5.92 Å². The van der Waals surface area contributed by atoms with Crippen molar-refractivity contribution in [3.05, 3.63) is 28.8 Å². The summed E-state index contributed by atoms with van der Waals surface area (Å²) in [6, 6.07) is 7.84. The van der Waals surface area contributed by atoms with Gasteiger partial charge in [-0.05, 0) is 37.8 Å². The lowest BCUT2D eigenvalue weighted by molar-refractivity contribution is -0.133. The number of nitriles is 1. The van der Waals surface area contributed by atoms with Crippen LogP contribution in [0, 0.1) is 17.2 Å². The Morgan fingerprint density at radius 3 is 2.79 bits per heavy atom. The van der Waals surface area contributed by atoms with E-state index in [1.165, 1.54) is 19.3 Å². The third-order valence-corrected chi connectivity index (χ3v) is 5.54. The highest BCUT2D eigenvalue weighted by atomic mass is 35.5. The van der Waals surface area contributed by atoms with Crippen LogP contribution in [0.25, 0.3) is 0 Å². The van der Waals surface area contributed by atoms with Gasteiger partial charge in [0.25, 0.3) is 0 Å². The minimum Gasteiger partial charge on any atom is -0.478 e. The quantitative estimate of drug-likeness (QED) is 0.810. The molecule has 2 fully saturated rings. The summed E-state index contributed by atoms with van der Waals surface area (Å²) in [5, 5.41) is 9.33. The third-order valence-electron chi connectivity index (χ3n) is 5.18. The SMILES string of the molecule is N#CCOc1cccc(Cl)c1CC1CCN(C2CCCCC2)C1=O. The molecule has 1 amide bonds. The van der Waals surface area contributed by atoms with E-state index in [1.807, 2.05) is 24.3 Å². The van der Waals surface area contributed by atoms with Gasteiger partial charge in [-0.3, -0.25) is 4.79 Å². The molecule has 1 heterocycles. The van der Waals surface area contributed by atoms with Crippen molar-refractivity contribution >= 4 is 17.5 Å². The summed E-state index contributed by atoms with van der Waals surface area (Å²) in [5.41, 5.74) is 0.846. The van der Waals surface area contributed by atoms with Crippen LogP contribution in [-0.2, 0) is 11.2 Å². The topological polar surface area (TPSA) is 53.3 Å². The predicted molar refractivity (Wildman–Crippen MR) is 93.0 cm³/mol. The van der Waals surface area contributed by atoms with Crippen LogP contribution in [0.2, 0.25) is 5.02 Å². The molecule has 1 saturated carbocycles. The van der Waals surface area contributed by atoms with Crippen LogP contribution in [0.15, 0.2) is 18.2 Å². The molecular weight excluding hydrogens is 324 g/mol. The van der Waals surface area contributed by atoms with Crippen LogP contribution in [0.3, 0.4) is 0 Å². The summed E-state index contributed by atoms with van der Waals surface area (Å²) in [4.78, 5) is 14.9. The first kappa shape index (κ1) is 17.1. The number of likely N-dealkylation sites (tertiary alicyclic amines) is 1. The minimum atomic E-state index is -0.0312. The number of amides is 1. The van der Waals surface area contributed by atoms with Gasteiger partial charge < -0.3 is 9.64 Å². The zero-order chi connectivity index (χ0) is 16.9. The summed E-state index contributed by atoms with van der Waals surface area (Å²) >= 11 is 6.33. The van der Waals surface area contributed by atoms with Gasteiger partial charge in [0, 0.05) is 29.1 Å². The van der Waals surface area contributed by atoms with Crippen LogP contribution in [-0.4, -0.2) is 30.0 Å². The fraction of sp³-hybridized carbons (Fsp3) is 0.579. The molecule has 1 aliphatic carbocycles. The second-order valence-corrected chi connectivity index (χ2v) is 7.08. The maximum Gasteiger partial charge on any atom is 0.226 e. The van der Waals surface area contributed by atoms with Gasteiger partial charge in [-0.2, -0.15) is 5.26 Å². The highest BCUT2D eigenvalue weighted by Crippen LogP contribution is 2.34. The molecule has 0 N–H and O–H groups in total. The number of hydrogen-bond acceptors (Lipinski definition) is 3. The highest BCUT2D eigenvalue weighted by Gasteiger charge is 2.36. The van der Waals surface area contributed by atoms with Gasteiger partial charge in [-0.25, -0.2) is 0 Å². The number of benzene rings is 1. The number of halogens is 1. The van der Waals surface area contributed by atoms with Gasteiger partial charge in [0.1, 0.15) is 11.8 Å². The number of rotatable bonds is 5. The van der Waals surface area contributed by atoms with Crippen LogP contribution < -0.4 is 4.74 Å². The lowest BCUT2D eigenvalue weighted by Gasteiger charge is -2.31. The average molecular weight is 347 g/mol. The summed E-state index contributed by atoms with van der Waals surface area (Å²) in [6.07, 6.45) is 7.50. The molecule has 0 spiro atoms. The Hall–Kier alpha value is -1.73. The second kappa shape index (κ2) is 7.90. The molecule has 1 aromatic carbocycles. The van der Waals surface area contributed by atoms with E-state index >= 15 is 0 Å². The van der Waals surface area contributed by atoms with Crippen LogP contribution in [0.5, 0.6) is 5.75 Å². The van der Waals surface area contributed by atoms with Crippen molar-refractivity contribution < 1.29 is 9.53 Å². The molecule has 1 aromatic rings. The molecule has 2 aliphatic rings. The molecule has 0 aromatic heterocycles. The normalized spacial score (nSPS) is 21.8. The standard InChI is InChI=1S/C19H23ClN2O2/c20-17-7-4-8-18(24-12-10-21)16(17)13-14-9-11-22(19(14)23)15-5-2-1-3-6-15/h4,7-8,14-15H,1-3,5-6,9,11-13H2. The number of carbonyl (C=O) groups excluding carboxylic acids is 1. The minimum absolute atomic E-state index is 0.0137. The molecule has 1 saturated heterocycles. The van der Waals surface area contributed by atoms with Gasteiger partial charge in [0.2, 0.25) is 5.91 Å². The van der Waals surface area contributed by atoms with E-state index in [1.54, 1.807) is 0 Å². The van der Waals surface area contributed by atoms with Gasteiger partial charge in [-0.15, -0.1) is 0 Å². The van der Waals surface area contributed by atoms with Crippen molar-refractivity contribution in [3.63, 3.8) is 0 Å². The summed E-state index contributed by atoms with van der Waals surface area (Å²) in [7, 11) is 0. The molecule has 0 radical (unpaired) electrons. The first-order valence-electron chi connectivity index (χ1n) is 8.78. The Morgan fingerprint density at radius 2 is 2.04 bits per heavy atom.